The van der Waals surface area contributed by atoms with Gasteiger partial charge in [0.05, 0.1) is 59.1 Å². The number of allylic oxidation sites excluding steroid dienone is 1. The van der Waals surface area contributed by atoms with Gasteiger partial charge in [-0.25, -0.2) is 11.7 Å². The largest absolute Gasteiger partial charge is 2.00 e. The maximum Gasteiger partial charge on any atom is 2.00 e. The quantitative estimate of drug-likeness (QED) is 0.0314. The number of amides is 1. The second-order valence-electron chi connectivity index (χ2n) is 12.4. The Balaban J connectivity index is 0.000000622. The molecule has 3 aromatic rings. The zero-order chi connectivity index (χ0) is 39.2. The van der Waals surface area contributed by atoms with Gasteiger partial charge in [-0.3, -0.25) is 19.6 Å². The molecule has 2 aromatic heterocycles. The van der Waals surface area contributed by atoms with Crippen LogP contribution in [0.15, 0.2) is 47.1 Å². The number of H-pyrrole nitrogens is 1. The third-order valence-electron chi connectivity index (χ3n) is 8.29. The van der Waals surface area contributed by atoms with Gasteiger partial charge in [-0.05, 0) is 37.7 Å². The zero-order valence-corrected chi connectivity index (χ0v) is 32.7. The standard InChI is InChI=1S/C32H46NO8.C7H6N5O.Ni/c1-5-7-13-28(15-18-38-20-22-40-24-23-39-21-19-37-17-6-2)41-32(25-26(32)3)16-14-29(31(35)36-4)33-30(34)27-11-9-8-10-12-27;1-3-2-9-5-4(10-3)6(13)12-7(8)11-5;/h2,9-13,26,29H,5,7,14-25H2,1,3-4H3,(H,33,34);2H,1H2,(H3,8,9,11,12,13);/q2*-1;+2/b28-13+;;/t26?,29-,32?;;/m0../s1. The third-order valence-corrected chi connectivity index (χ3v) is 8.29. The van der Waals surface area contributed by atoms with E-state index in [-0.39, 0.29) is 45.1 Å². The molecule has 0 radical (unpaired) electrons. The first-order valence-corrected chi connectivity index (χ1v) is 17.9. The number of aromatic amines is 1. The van der Waals surface area contributed by atoms with Gasteiger partial charge in [-0.15, -0.1) is 6.42 Å². The SMILES string of the molecule is C#CCOCCOCCOCCOCC/C(=C\CCC)OC1(CC[C@H](NC(=O)c2cc[c-]cc2)C(=O)OC)CC1C.[CH2-]c1cnc2nc(N)[nH]c(=O)c2n1.[Ni+2]. The Morgan fingerprint density at radius 3 is 2.36 bits per heavy atom. The first-order valence-electron chi connectivity index (χ1n) is 17.9. The summed E-state index contributed by atoms with van der Waals surface area (Å²) in [5.74, 6) is 2.88. The Labute approximate surface area is 332 Å². The molecule has 0 saturated heterocycles. The fourth-order valence-corrected chi connectivity index (χ4v) is 5.26. The smallest absolute Gasteiger partial charge is 0.492 e. The van der Waals surface area contributed by atoms with Crippen molar-refractivity contribution in [3.63, 3.8) is 0 Å². The molecule has 1 saturated carbocycles. The van der Waals surface area contributed by atoms with E-state index >= 15 is 0 Å². The van der Waals surface area contributed by atoms with Crippen LogP contribution in [0.1, 0.15) is 68.4 Å². The average Bonchev–Trinajstić information content (AvgIpc) is 3.81. The van der Waals surface area contributed by atoms with E-state index in [2.05, 4.69) is 64.1 Å². The van der Waals surface area contributed by atoms with Crippen LogP contribution in [0.5, 0.6) is 0 Å². The number of nitrogens with two attached hydrogens (primary N) is 1. The fraction of sp³-hybridized carbons (Fsp3) is 0.513. The van der Waals surface area contributed by atoms with Gasteiger partial charge in [-0.2, -0.15) is 35.3 Å². The van der Waals surface area contributed by atoms with Crippen LogP contribution in [0, 0.1) is 31.3 Å². The Bertz CT molecular complexity index is 1740. The van der Waals surface area contributed by atoms with Crippen LogP contribution < -0.4 is 16.6 Å². The number of methoxy groups -OCH3 is 1. The van der Waals surface area contributed by atoms with Crippen LogP contribution in [0.4, 0.5) is 5.95 Å². The molecule has 4 rings (SSSR count). The molecule has 0 spiro atoms. The number of ether oxygens (including phenoxy) is 6. The molecule has 55 heavy (non-hydrogen) atoms. The van der Waals surface area contributed by atoms with Crippen LogP contribution in [-0.4, -0.2) is 103 Å². The summed E-state index contributed by atoms with van der Waals surface area (Å²) in [5.41, 5.74) is 5.81. The van der Waals surface area contributed by atoms with Crippen LogP contribution in [0.25, 0.3) is 11.2 Å². The molecule has 16 heteroatoms. The summed E-state index contributed by atoms with van der Waals surface area (Å²) < 4.78 is 33.4. The van der Waals surface area contributed by atoms with Gasteiger partial charge in [0.2, 0.25) is 11.9 Å². The molecule has 1 amide bonds. The minimum atomic E-state index is -0.761. The van der Waals surface area contributed by atoms with Gasteiger partial charge in [0.1, 0.15) is 18.2 Å². The molecule has 0 bridgehead atoms. The first-order chi connectivity index (χ1) is 26.1. The van der Waals surface area contributed by atoms with Gasteiger partial charge >= 0.3 is 22.5 Å². The summed E-state index contributed by atoms with van der Waals surface area (Å²) in [7, 11) is 1.33. The summed E-state index contributed by atoms with van der Waals surface area (Å²) in [6.07, 6.45) is 13.2. The van der Waals surface area contributed by atoms with Crippen LogP contribution in [0.3, 0.4) is 0 Å². The number of benzene rings is 1. The maximum atomic E-state index is 12.7. The number of carbonyl (C=O) groups excluding carboxylic acids is 2. The molecule has 1 aromatic carbocycles. The van der Waals surface area contributed by atoms with Crippen LogP contribution in [-0.2, 0) is 49.7 Å². The zero-order valence-electron chi connectivity index (χ0n) is 31.7. The molecule has 15 nitrogen and oxygen atoms in total. The molecule has 2 unspecified atom stereocenters. The van der Waals surface area contributed by atoms with Crippen molar-refractivity contribution in [1.29, 1.82) is 0 Å². The van der Waals surface area contributed by atoms with E-state index in [0.29, 0.717) is 89.3 Å². The first kappa shape index (κ1) is 46.6. The number of anilines is 1. The number of nitrogens with zero attached hydrogens (tertiary/aromatic N) is 3. The second-order valence-corrected chi connectivity index (χ2v) is 12.4. The number of rotatable bonds is 23. The number of hydrogen-bond acceptors (Lipinski definition) is 13. The number of carbonyl (C=O) groups is 2. The topological polar surface area (TPSA) is 199 Å². The fourth-order valence-electron chi connectivity index (χ4n) is 5.26. The van der Waals surface area contributed by atoms with E-state index in [1.165, 1.54) is 13.3 Å². The molecule has 302 valence electrons. The van der Waals surface area contributed by atoms with Crippen molar-refractivity contribution in [3.05, 3.63) is 76.9 Å². The van der Waals surface area contributed by atoms with Crippen molar-refractivity contribution < 1.29 is 54.5 Å². The predicted octanol–water partition coefficient (Wildman–Crippen LogP) is 3.58. The number of hydrogen-bond donors (Lipinski definition) is 3. The minimum absolute atomic E-state index is 0. The van der Waals surface area contributed by atoms with Crippen molar-refractivity contribution in [2.45, 2.75) is 64.0 Å². The monoisotopic (exact) mass is 806 g/mol. The third kappa shape index (κ3) is 16.8. The Morgan fingerprint density at radius 1 is 1.13 bits per heavy atom. The van der Waals surface area contributed by atoms with Gasteiger partial charge < -0.3 is 44.5 Å². The maximum absolute atomic E-state index is 12.7. The van der Waals surface area contributed by atoms with E-state index in [1.807, 2.05) is 0 Å². The van der Waals surface area contributed by atoms with Gasteiger partial charge in [0.15, 0.2) is 11.2 Å². The predicted molar refractivity (Wildman–Crippen MR) is 202 cm³/mol. The van der Waals surface area contributed by atoms with Gasteiger partial charge in [-0.1, -0.05) is 43.6 Å². The number of aromatic nitrogens is 4. The van der Waals surface area contributed by atoms with Gasteiger partial charge in [0, 0.05) is 6.42 Å². The van der Waals surface area contributed by atoms with Crippen molar-refractivity contribution in [2.24, 2.45) is 5.92 Å². The Hall–Kier alpha value is -4.52. The van der Waals surface area contributed by atoms with Crippen molar-refractivity contribution in [3.8, 4) is 12.3 Å². The van der Waals surface area contributed by atoms with Gasteiger partial charge in [0.25, 0.3) is 5.56 Å². The molecule has 4 N–H and O–H groups in total. The number of nitrogens with one attached hydrogen (secondary N) is 2. The number of terminal acetylenes is 1. The van der Waals surface area contributed by atoms with Crippen molar-refractivity contribution >= 4 is 29.0 Å². The molecular weight excluding hydrogens is 755 g/mol. The van der Waals surface area contributed by atoms with Crippen molar-refractivity contribution in [2.75, 3.05) is 65.7 Å². The average molecular weight is 808 g/mol. The molecule has 1 aliphatic carbocycles. The van der Waals surface area contributed by atoms with Crippen molar-refractivity contribution in [1.82, 2.24) is 25.3 Å². The minimum Gasteiger partial charge on any atom is -0.492 e. The molecule has 1 fully saturated rings. The summed E-state index contributed by atoms with van der Waals surface area (Å²) in [6.45, 7) is 11.5. The molecule has 1 aliphatic rings. The summed E-state index contributed by atoms with van der Waals surface area (Å²) in [5, 5.41) is 2.82. The van der Waals surface area contributed by atoms with E-state index in [9.17, 15) is 14.4 Å². The number of fused-ring (bicyclic) bond motifs is 1. The number of esters is 1. The molecule has 3 atom stereocenters. The van der Waals surface area contributed by atoms with E-state index in [0.717, 1.165) is 25.0 Å². The summed E-state index contributed by atoms with van der Waals surface area (Å²) in [4.78, 5) is 50.3. The number of nitrogen functional groups attached to an aromatic ring is 1. The second kappa shape index (κ2) is 25.5. The molecule has 0 aliphatic heterocycles. The molecular formula is C39H52N6NiO9. The summed E-state index contributed by atoms with van der Waals surface area (Å²) in [6, 6.07) is 8.77. The van der Waals surface area contributed by atoms with Crippen LogP contribution in [0.2, 0.25) is 0 Å². The Kier molecular flexibility index (Phi) is 21.7. The van der Waals surface area contributed by atoms with E-state index in [4.69, 9.17) is 40.6 Å². The number of unbranched alkanes of at least 4 members (excludes halogenated alkanes) is 1. The molecule has 2 heterocycles. The van der Waals surface area contributed by atoms with E-state index < -0.39 is 17.6 Å². The van der Waals surface area contributed by atoms with Crippen LogP contribution >= 0.6 is 0 Å². The Morgan fingerprint density at radius 2 is 1.76 bits per heavy atom. The van der Waals surface area contributed by atoms with E-state index in [1.54, 1.807) is 24.3 Å². The summed E-state index contributed by atoms with van der Waals surface area (Å²) >= 11 is 0. The normalized spacial score (nSPS) is 16.5.